The monoisotopic (exact) mass is 376 g/mol. The van der Waals surface area contributed by atoms with Crippen molar-refractivity contribution in [3.8, 4) is 28.5 Å². The smallest absolute Gasteiger partial charge is 0.221 e. The summed E-state index contributed by atoms with van der Waals surface area (Å²) >= 11 is 6.12. The third kappa shape index (κ3) is 3.76. The highest BCUT2D eigenvalue weighted by atomic mass is 35.5. The predicted octanol–water partition coefficient (Wildman–Crippen LogP) is 4.79. The normalized spacial score (nSPS) is 10.3. The van der Waals surface area contributed by atoms with Gasteiger partial charge in [0.15, 0.2) is 0 Å². The van der Waals surface area contributed by atoms with Gasteiger partial charge in [0, 0.05) is 28.8 Å². The first-order valence-electron chi connectivity index (χ1n) is 8.25. The molecule has 0 saturated heterocycles. The molecule has 0 aliphatic carbocycles. The van der Waals surface area contributed by atoms with Crippen LogP contribution in [0.4, 0.5) is 11.5 Å². The number of nitrogens with one attached hydrogen (secondary N) is 1. The molecule has 0 aliphatic heterocycles. The van der Waals surface area contributed by atoms with E-state index >= 15 is 0 Å². The molecule has 1 heterocycles. The first-order valence-corrected chi connectivity index (χ1v) is 8.62. The van der Waals surface area contributed by atoms with Crippen LogP contribution in [0, 0.1) is 18.3 Å². The molecule has 0 spiro atoms. The Morgan fingerprint density at radius 3 is 2.48 bits per heavy atom. The summed E-state index contributed by atoms with van der Waals surface area (Å²) in [5.41, 5.74) is 11.0. The molecule has 0 bridgehead atoms. The van der Waals surface area contributed by atoms with E-state index in [0.29, 0.717) is 27.5 Å². The molecule has 2 aromatic carbocycles. The van der Waals surface area contributed by atoms with Crippen LogP contribution in [0.5, 0.6) is 0 Å². The zero-order valence-corrected chi connectivity index (χ0v) is 15.6. The molecule has 0 unspecified atom stereocenters. The molecule has 134 valence electrons. The van der Waals surface area contributed by atoms with Gasteiger partial charge in [0.05, 0.1) is 5.69 Å². The molecule has 1 aromatic heterocycles. The molecule has 27 heavy (non-hydrogen) atoms. The van der Waals surface area contributed by atoms with E-state index in [4.69, 9.17) is 17.3 Å². The van der Waals surface area contributed by atoms with Gasteiger partial charge in [-0.1, -0.05) is 35.9 Å². The number of pyridine rings is 1. The van der Waals surface area contributed by atoms with E-state index in [1.165, 1.54) is 6.92 Å². The first-order chi connectivity index (χ1) is 12.9. The van der Waals surface area contributed by atoms with E-state index in [1.807, 2.05) is 37.3 Å². The number of hydrogen-bond acceptors (Lipinski definition) is 4. The number of halogens is 1. The number of amides is 1. The van der Waals surface area contributed by atoms with E-state index in [-0.39, 0.29) is 11.7 Å². The minimum absolute atomic E-state index is 0.145. The Hall–Kier alpha value is -3.36. The van der Waals surface area contributed by atoms with Crippen LogP contribution < -0.4 is 11.1 Å². The second-order valence-electron chi connectivity index (χ2n) is 6.10. The number of carbonyl (C=O) groups excluding carboxylic acids is 1. The fourth-order valence-corrected chi connectivity index (χ4v) is 3.20. The highest BCUT2D eigenvalue weighted by Crippen LogP contribution is 2.36. The zero-order chi connectivity index (χ0) is 19.6. The average molecular weight is 377 g/mol. The van der Waals surface area contributed by atoms with Crippen molar-refractivity contribution in [2.75, 3.05) is 11.1 Å². The number of benzene rings is 2. The quantitative estimate of drug-likeness (QED) is 0.687. The van der Waals surface area contributed by atoms with Crippen LogP contribution in [0.25, 0.3) is 22.4 Å². The van der Waals surface area contributed by atoms with Crippen LogP contribution >= 0.6 is 11.6 Å². The van der Waals surface area contributed by atoms with E-state index in [9.17, 15) is 10.1 Å². The van der Waals surface area contributed by atoms with Crippen molar-refractivity contribution >= 4 is 29.0 Å². The lowest BCUT2D eigenvalue weighted by atomic mass is 9.92. The van der Waals surface area contributed by atoms with Crippen molar-refractivity contribution in [1.29, 1.82) is 5.26 Å². The highest BCUT2D eigenvalue weighted by Gasteiger charge is 2.18. The number of nitrogen functional groups attached to an aromatic ring is 1. The number of rotatable bonds is 3. The summed E-state index contributed by atoms with van der Waals surface area (Å²) in [6.45, 7) is 3.35. The lowest BCUT2D eigenvalue weighted by Gasteiger charge is -2.15. The molecule has 5 nitrogen and oxygen atoms in total. The number of nitriles is 1. The fraction of sp³-hybridized carbons (Fsp3) is 0.0952. The summed E-state index contributed by atoms with van der Waals surface area (Å²) in [5, 5.41) is 12.9. The lowest BCUT2D eigenvalue weighted by molar-refractivity contribution is -0.114. The number of carbonyl (C=O) groups is 1. The Kier molecular flexibility index (Phi) is 5.11. The molecule has 0 atom stereocenters. The maximum Gasteiger partial charge on any atom is 0.221 e. The third-order valence-electron chi connectivity index (χ3n) is 4.17. The summed E-state index contributed by atoms with van der Waals surface area (Å²) in [5.74, 6) is 0.0204. The van der Waals surface area contributed by atoms with Crippen LogP contribution in [0.1, 0.15) is 18.1 Å². The van der Waals surface area contributed by atoms with Gasteiger partial charge in [-0.25, -0.2) is 4.98 Å². The molecule has 3 aromatic rings. The van der Waals surface area contributed by atoms with Crippen molar-refractivity contribution in [2.24, 2.45) is 0 Å². The van der Waals surface area contributed by atoms with Crippen LogP contribution in [-0.4, -0.2) is 10.9 Å². The summed E-state index contributed by atoms with van der Waals surface area (Å²) in [4.78, 5) is 15.6. The Labute approximate surface area is 162 Å². The minimum Gasteiger partial charge on any atom is -0.383 e. The average Bonchev–Trinajstić information content (AvgIpc) is 2.63. The van der Waals surface area contributed by atoms with Gasteiger partial charge < -0.3 is 11.1 Å². The van der Waals surface area contributed by atoms with Crippen molar-refractivity contribution < 1.29 is 4.79 Å². The molecular weight excluding hydrogens is 360 g/mol. The van der Waals surface area contributed by atoms with Crippen molar-refractivity contribution in [2.45, 2.75) is 13.8 Å². The van der Waals surface area contributed by atoms with E-state index in [0.717, 1.165) is 16.7 Å². The topological polar surface area (TPSA) is 91.8 Å². The molecule has 0 aliphatic rings. The van der Waals surface area contributed by atoms with Crippen molar-refractivity contribution in [3.63, 3.8) is 0 Å². The largest absolute Gasteiger partial charge is 0.383 e. The van der Waals surface area contributed by atoms with E-state index in [2.05, 4.69) is 16.4 Å². The molecule has 0 fully saturated rings. The third-order valence-corrected chi connectivity index (χ3v) is 4.41. The van der Waals surface area contributed by atoms with Crippen LogP contribution in [0.2, 0.25) is 5.02 Å². The SMILES string of the molecule is CC(=O)Nc1ccc(-c2c(C)c(-c3cccc(Cl)c3)nc(N)c2C#N)cc1. The number of hydrogen-bond donors (Lipinski definition) is 2. The van der Waals surface area contributed by atoms with Crippen molar-refractivity contribution in [1.82, 2.24) is 4.98 Å². The molecule has 0 radical (unpaired) electrons. The van der Waals surface area contributed by atoms with Gasteiger partial charge in [0.2, 0.25) is 5.91 Å². The Morgan fingerprint density at radius 2 is 1.89 bits per heavy atom. The zero-order valence-electron chi connectivity index (χ0n) is 14.9. The summed E-state index contributed by atoms with van der Waals surface area (Å²) in [6, 6.07) is 16.8. The van der Waals surface area contributed by atoms with Gasteiger partial charge >= 0.3 is 0 Å². The highest BCUT2D eigenvalue weighted by molar-refractivity contribution is 6.30. The lowest BCUT2D eigenvalue weighted by Crippen LogP contribution is -2.06. The second kappa shape index (κ2) is 7.48. The predicted molar refractivity (Wildman–Crippen MR) is 108 cm³/mol. The van der Waals surface area contributed by atoms with Crippen molar-refractivity contribution in [3.05, 3.63) is 64.7 Å². The van der Waals surface area contributed by atoms with Gasteiger partial charge in [0.1, 0.15) is 17.5 Å². The Bertz CT molecular complexity index is 1070. The maximum atomic E-state index is 11.2. The number of aromatic nitrogens is 1. The number of anilines is 2. The van der Waals surface area contributed by atoms with Crippen LogP contribution in [-0.2, 0) is 4.79 Å². The van der Waals surface area contributed by atoms with Crippen LogP contribution in [0.3, 0.4) is 0 Å². The molecule has 1 amide bonds. The van der Waals surface area contributed by atoms with Gasteiger partial charge in [0.25, 0.3) is 0 Å². The fourth-order valence-electron chi connectivity index (χ4n) is 3.01. The summed E-state index contributed by atoms with van der Waals surface area (Å²) in [6.07, 6.45) is 0. The first kappa shape index (κ1) is 18.4. The van der Waals surface area contributed by atoms with E-state index < -0.39 is 0 Å². The Morgan fingerprint density at radius 1 is 1.19 bits per heavy atom. The second-order valence-corrected chi connectivity index (χ2v) is 6.54. The molecule has 3 rings (SSSR count). The summed E-state index contributed by atoms with van der Waals surface area (Å²) in [7, 11) is 0. The molecule has 0 saturated carbocycles. The van der Waals surface area contributed by atoms with Gasteiger partial charge in [-0.15, -0.1) is 0 Å². The Balaban J connectivity index is 2.19. The molecule has 6 heteroatoms. The standard InChI is InChI=1S/C21H17ClN4O/c1-12-19(14-6-8-17(9-7-14)25-13(2)27)18(11-23)21(24)26-20(12)15-4-3-5-16(22)10-15/h3-10H,1-2H3,(H2,24,26)(H,25,27). The number of nitrogens with two attached hydrogens (primary N) is 1. The summed E-state index contributed by atoms with van der Waals surface area (Å²) < 4.78 is 0. The van der Waals surface area contributed by atoms with Gasteiger partial charge in [-0.05, 0) is 42.3 Å². The maximum absolute atomic E-state index is 11.2. The number of nitrogens with zero attached hydrogens (tertiary/aromatic N) is 2. The van der Waals surface area contributed by atoms with Gasteiger partial charge in [-0.2, -0.15) is 5.26 Å². The van der Waals surface area contributed by atoms with Crippen LogP contribution in [0.15, 0.2) is 48.5 Å². The van der Waals surface area contributed by atoms with E-state index in [1.54, 1.807) is 18.2 Å². The minimum atomic E-state index is -0.145. The molecule has 3 N–H and O–H groups in total. The van der Waals surface area contributed by atoms with Gasteiger partial charge in [-0.3, -0.25) is 4.79 Å². The molecular formula is C21H17ClN4O.